The van der Waals surface area contributed by atoms with Crippen molar-refractivity contribution in [1.29, 1.82) is 0 Å². The molecule has 28 heavy (non-hydrogen) atoms. The summed E-state index contributed by atoms with van der Waals surface area (Å²) in [6.45, 7) is 3.35. The third-order valence-corrected chi connectivity index (χ3v) is 3.48. The molecule has 2 rings (SSSR count). The Balaban J connectivity index is 1.84. The van der Waals surface area contributed by atoms with E-state index in [0.29, 0.717) is 5.69 Å². The Bertz CT molecular complexity index is 842. The number of carbonyl (C=O) groups excluding carboxylic acids is 3. The van der Waals surface area contributed by atoms with Crippen molar-refractivity contribution in [2.75, 3.05) is 11.9 Å². The summed E-state index contributed by atoms with van der Waals surface area (Å²) in [5, 5.41) is 2.49. The Kier molecular flexibility index (Phi) is 7.32. The molecular weight excluding hydrogens is 369 g/mol. The van der Waals surface area contributed by atoms with Gasteiger partial charge in [0, 0.05) is 11.3 Å². The monoisotopic (exact) mass is 389 g/mol. The molecule has 0 radical (unpaired) electrons. The summed E-state index contributed by atoms with van der Waals surface area (Å²) in [5.74, 6) is -1.89. The lowest BCUT2D eigenvalue weighted by Crippen LogP contribution is -2.47. The van der Waals surface area contributed by atoms with Crippen LogP contribution in [-0.2, 0) is 9.53 Å². The van der Waals surface area contributed by atoms with Crippen molar-refractivity contribution in [3.63, 3.8) is 0 Å². The first kappa shape index (κ1) is 20.7. The maximum atomic E-state index is 13.5. The molecule has 0 saturated carbocycles. The fourth-order valence-corrected chi connectivity index (χ4v) is 2.07. The third-order valence-electron chi connectivity index (χ3n) is 3.48. The fraction of sp³-hybridized carbons (Fsp3) is 0.211. The second kappa shape index (κ2) is 9.91. The molecule has 0 aliphatic carbocycles. The Morgan fingerprint density at radius 3 is 2.36 bits per heavy atom. The Morgan fingerprint density at radius 2 is 1.71 bits per heavy atom. The Hall–Kier alpha value is -3.62. The summed E-state index contributed by atoms with van der Waals surface area (Å²) in [4.78, 5) is 35.4. The number of carbonyl (C=O) groups is 3. The number of para-hydroxylation sites is 1. The van der Waals surface area contributed by atoms with Gasteiger partial charge in [-0.1, -0.05) is 12.1 Å². The number of nitrogens with one attached hydrogen (secondary N) is 3. The first-order valence-electron chi connectivity index (χ1n) is 8.46. The van der Waals surface area contributed by atoms with E-state index in [4.69, 9.17) is 9.47 Å². The van der Waals surface area contributed by atoms with E-state index in [2.05, 4.69) is 16.2 Å². The molecule has 0 aromatic heterocycles. The van der Waals surface area contributed by atoms with Crippen molar-refractivity contribution < 1.29 is 28.2 Å². The van der Waals surface area contributed by atoms with Gasteiger partial charge in [-0.05, 0) is 50.2 Å². The van der Waals surface area contributed by atoms with E-state index < -0.39 is 29.8 Å². The lowest BCUT2D eigenvalue weighted by atomic mass is 10.2. The molecule has 0 aliphatic heterocycles. The third kappa shape index (κ3) is 5.97. The van der Waals surface area contributed by atoms with Crippen LogP contribution in [0.1, 0.15) is 24.2 Å². The predicted molar refractivity (Wildman–Crippen MR) is 99.2 cm³/mol. The van der Waals surface area contributed by atoms with Gasteiger partial charge in [-0.2, -0.15) is 0 Å². The quantitative estimate of drug-likeness (QED) is 0.659. The van der Waals surface area contributed by atoms with Crippen LogP contribution in [0.25, 0.3) is 0 Å². The second-order valence-corrected chi connectivity index (χ2v) is 5.56. The molecule has 3 amide bonds. The van der Waals surface area contributed by atoms with E-state index in [1.807, 2.05) is 0 Å². The molecule has 2 aromatic carbocycles. The number of hydrogen-bond donors (Lipinski definition) is 3. The molecule has 0 saturated heterocycles. The number of anilines is 1. The largest absolute Gasteiger partial charge is 0.478 e. The van der Waals surface area contributed by atoms with E-state index in [1.54, 1.807) is 13.0 Å². The number of rotatable bonds is 6. The Labute approximate surface area is 161 Å². The minimum Gasteiger partial charge on any atom is -0.478 e. The summed E-state index contributed by atoms with van der Waals surface area (Å²) in [6.07, 6.45) is -1.64. The summed E-state index contributed by atoms with van der Waals surface area (Å²) in [7, 11) is 0. The number of halogens is 1. The average molecular weight is 389 g/mol. The van der Waals surface area contributed by atoms with Crippen LogP contribution in [0.3, 0.4) is 0 Å². The van der Waals surface area contributed by atoms with Crippen molar-refractivity contribution in [1.82, 2.24) is 10.9 Å². The normalized spacial score (nSPS) is 11.1. The van der Waals surface area contributed by atoms with E-state index in [1.165, 1.54) is 49.4 Å². The van der Waals surface area contributed by atoms with E-state index >= 15 is 0 Å². The van der Waals surface area contributed by atoms with Gasteiger partial charge in [0.05, 0.1) is 6.61 Å². The first-order valence-corrected chi connectivity index (χ1v) is 8.46. The number of benzene rings is 2. The molecular formula is C19H20FN3O5. The van der Waals surface area contributed by atoms with Crippen LogP contribution in [0, 0.1) is 5.82 Å². The van der Waals surface area contributed by atoms with Crippen LogP contribution in [0.5, 0.6) is 5.75 Å². The van der Waals surface area contributed by atoms with E-state index in [0.717, 1.165) is 0 Å². The number of amides is 3. The molecule has 148 valence electrons. The standard InChI is InChI=1S/C19H20FN3O5/c1-3-27-19(26)21-14-10-8-13(9-11-14)18(25)23-22-17(24)12(2)28-16-7-5-4-6-15(16)20/h4-12H,3H2,1-2H3,(H,21,26)(H,22,24)(H,23,25)/t12-/m0/s1. The summed E-state index contributed by atoms with van der Waals surface area (Å²) in [6, 6.07) is 11.6. The van der Waals surface area contributed by atoms with Crippen LogP contribution in [0.15, 0.2) is 48.5 Å². The van der Waals surface area contributed by atoms with Gasteiger partial charge in [0.2, 0.25) is 0 Å². The highest BCUT2D eigenvalue weighted by Gasteiger charge is 2.17. The SMILES string of the molecule is CCOC(=O)Nc1ccc(C(=O)NNC(=O)[C@H](C)Oc2ccccc2F)cc1. The lowest BCUT2D eigenvalue weighted by molar-refractivity contribution is -0.128. The maximum absolute atomic E-state index is 13.5. The fourth-order valence-electron chi connectivity index (χ4n) is 2.07. The molecule has 3 N–H and O–H groups in total. The second-order valence-electron chi connectivity index (χ2n) is 5.56. The average Bonchev–Trinajstić information content (AvgIpc) is 2.68. The predicted octanol–water partition coefficient (Wildman–Crippen LogP) is 2.62. The number of ether oxygens (including phenoxy) is 2. The molecule has 0 heterocycles. The maximum Gasteiger partial charge on any atom is 0.411 e. The minimum atomic E-state index is -1.03. The van der Waals surface area contributed by atoms with Crippen LogP contribution >= 0.6 is 0 Å². The highest BCUT2D eigenvalue weighted by molar-refractivity contribution is 5.96. The van der Waals surface area contributed by atoms with E-state index in [9.17, 15) is 18.8 Å². The van der Waals surface area contributed by atoms with Crippen LogP contribution in [0.4, 0.5) is 14.9 Å². The van der Waals surface area contributed by atoms with Gasteiger partial charge in [0.15, 0.2) is 17.7 Å². The molecule has 0 unspecified atom stereocenters. The van der Waals surface area contributed by atoms with Gasteiger partial charge in [-0.3, -0.25) is 25.8 Å². The molecule has 9 heteroatoms. The smallest absolute Gasteiger partial charge is 0.411 e. The van der Waals surface area contributed by atoms with Crippen molar-refractivity contribution in [3.8, 4) is 5.75 Å². The van der Waals surface area contributed by atoms with Crippen molar-refractivity contribution in [3.05, 3.63) is 59.9 Å². The highest BCUT2D eigenvalue weighted by Crippen LogP contribution is 2.17. The molecule has 8 nitrogen and oxygen atoms in total. The molecule has 1 atom stereocenters. The summed E-state index contributed by atoms with van der Waals surface area (Å²) < 4.78 is 23.5. The number of hydrogen-bond acceptors (Lipinski definition) is 5. The van der Waals surface area contributed by atoms with Gasteiger partial charge < -0.3 is 9.47 Å². The van der Waals surface area contributed by atoms with Crippen molar-refractivity contribution >= 4 is 23.6 Å². The van der Waals surface area contributed by atoms with Crippen molar-refractivity contribution in [2.45, 2.75) is 20.0 Å². The molecule has 2 aromatic rings. The van der Waals surface area contributed by atoms with E-state index in [-0.39, 0.29) is 17.9 Å². The number of hydrazine groups is 1. The molecule has 0 fully saturated rings. The first-order chi connectivity index (χ1) is 13.4. The summed E-state index contributed by atoms with van der Waals surface area (Å²) >= 11 is 0. The zero-order valence-electron chi connectivity index (χ0n) is 15.3. The van der Waals surface area contributed by atoms with Gasteiger partial charge in [-0.25, -0.2) is 9.18 Å². The van der Waals surface area contributed by atoms with Crippen LogP contribution in [0.2, 0.25) is 0 Å². The van der Waals surface area contributed by atoms with Crippen molar-refractivity contribution in [2.24, 2.45) is 0 Å². The van der Waals surface area contributed by atoms with Gasteiger partial charge in [0.1, 0.15) is 0 Å². The topological polar surface area (TPSA) is 106 Å². The van der Waals surface area contributed by atoms with Gasteiger partial charge >= 0.3 is 6.09 Å². The Morgan fingerprint density at radius 1 is 1.04 bits per heavy atom. The van der Waals surface area contributed by atoms with Gasteiger partial charge in [0.25, 0.3) is 11.8 Å². The molecule has 0 bridgehead atoms. The summed E-state index contributed by atoms with van der Waals surface area (Å²) in [5.41, 5.74) is 5.14. The lowest BCUT2D eigenvalue weighted by Gasteiger charge is -2.15. The minimum absolute atomic E-state index is 0.0684. The van der Waals surface area contributed by atoms with Gasteiger partial charge in [-0.15, -0.1) is 0 Å². The zero-order chi connectivity index (χ0) is 20.5. The molecule has 0 aliphatic rings. The highest BCUT2D eigenvalue weighted by atomic mass is 19.1. The van der Waals surface area contributed by atoms with Crippen LogP contribution in [-0.4, -0.2) is 30.6 Å². The molecule has 0 spiro atoms. The zero-order valence-corrected chi connectivity index (χ0v) is 15.3. The van der Waals surface area contributed by atoms with Crippen LogP contribution < -0.4 is 20.9 Å².